The van der Waals surface area contributed by atoms with Crippen LogP contribution in [-0.2, 0) is 0 Å². The minimum absolute atomic E-state index is 0.868. The van der Waals surface area contributed by atoms with E-state index >= 15 is 0 Å². The summed E-state index contributed by atoms with van der Waals surface area (Å²) < 4.78 is 13.2. The fourth-order valence-corrected chi connectivity index (χ4v) is 10.2. The van der Waals surface area contributed by atoms with Crippen LogP contribution in [0.15, 0.2) is 245 Å². The van der Waals surface area contributed by atoms with Crippen LogP contribution in [0.3, 0.4) is 0 Å². The summed E-state index contributed by atoms with van der Waals surface area (Å²) in [5, 5.41) is 9.14. The maximum atomic E-state index is 6.78. The van der Waals surface area contributed by atoms with Gasteiger partial charge in [0.05, 0.1) is 11.4 Å². The van der Waals surface area contributed by atoms with Crippen LogP contribution in [0.5, 0.6) is 0 Å². The van der Waals surface area contributed by atoms with Gasteiger partial charge in [-0.05, 0) is 86.4 Å². The largest absolute Gasteiger partial charge is 0.456 e. The van der Waals surface area contributed by atoms with Gasteiger partial charge >= 0.3 is 0 Å². The molecule has 2 heterocycles. The molecule has 0 radical (unpaired) electrons. The third kappa shape index (κ3) is 5.97. The molecule has 0 aliphatic rings. The van der Waals surface area contributed by atoms with Crippen molar-refractivity contribution in [2.24, 2.45) is 0 Å². The first-order chi connectivity index (χ1) is 32.3. The van der Waals surface area contributed by atoms with E-state index in [9.17, 15) is 0 Å². The van der Waals surface area contributed by atoms with Crippen LogP contribution in [0.2, 0.25) is 0 Å². The Kier molecular flexibility index (Phi) is 8.53. The van der Waals surface area contributed by atoms with Crippen molar-refractivity contribution in [1.29, 1.82) is 0 Å². The van der Waals surface area contributed by atoms with E-state index in [1.54, 1.807) is 0 Å². The smallest absolute Gasteiger partial charge is 0.143 e. The van der Waals surface area contributed by atoms with E-state index in [0.717, 1.165) is 105 Å². The van der Waals surface area contributed by atoms with Crippen LogP contribution in [-0.4, -0.2) is 0 Å². The van der Waals surface area contributed by atoms with Gasteiger partial charge in [-0.15, -0.1) is 0 Å². The number of nitrogens with zero attached hydrogens (tertiary/aromatic N) is 1. The first-order valence-corrected chi connectivity index (χ1v) is 22.2. The minimum atomic E-state index is 0.868. The van der Waals surface area contributed by atoms with Gasteiger partial charge in [0.2, 0.25) is 0 Å². The second-order valence-corrected chi connectivity index (χ2v) is 16.7. The Morgan fingerprint density at radius 3 is 1.68 bits per heavy atom. The highest BCUT2D eigenvalue weighted by Gasteiger charge is 2.27. The van der Waals surface area contributed by atoms with Crippen molar-refractivity contribution in [1.82, 2.24) is 0 Å². The van der Waals surface area contributed by atoms with Crippen molar-refractivity contribution in [3.05, 3.63) is 237 Å². The second-order valence-electron chi connectivity index (χ2n) is 16.7. The van der Waals surface area contributed by atoms with E-state index in [1.165, 1.54) is 21.7 Å². The van der Waals surface area contributed by atoms with E-state index in [0.29, 0.717) is 0 Å². The molecule has 0 atom stereocenters. The van der Waals surface area contributed by atoms with Crippen LogP contribution in [0.1, 0.15) is 0 Å². The normalized spacial score (nSPS) is 11.7. The van der Waals surface area contributed by atoms with Crippen molar-refractivity contribution in [2.45, 2.75) is 0 Å². The standard InChI is InChI=1S/C62H39NO2/c1-2-18-40(19-3-1)41-20-14-22-43(38-41)59-50-28-6-4-24-46(50)47-25-5-7-29-51(47)61(59)63(44-23-15-21-42(39-44)45-31-17-37-58-60(45)54-30-10-13-36-57(54)64-58)55-34-11-8-26-48(55)52-32-16-33-53-49-27-9-12-35-56(49)65-62(52)53/h1-39H. The highest BCUT2D eigenvalue weighted by atomic mass is 16.3. The van der Waals surface area contributed by atoms with Crippen molar-refractivity contribution in [2.75, 3.05) is 4.90 Å². The first kappa shape index (κ1) is 36.9. The molecule has 65 heavy (non-hydrogen) atoms. The summed E-state index contributed by atoms with van der Waals surface area (Å²) in [5.74, 6) is 0. The lowest BCUT2D eigenvalue weighted by Crippen LogP contribution is -2.13. The molecule has 0 saturated carbocycles. The molecule has 11 aromatic carbocycles. The van der Waals surface area contributed by atoms with Crippen LogP contribution >= 0.6 is 0 Å². The summed E-state index contributed by atoms with van der Waals surface area (Å²) in [4.78, 5) is 2.51. The lowest BCUT2D eigenvalue weighted by molar-refractivity contribution is 0.669. The Morgan fingerprint density at radius 2 is 0.831 bits per heavy atom. The number of para-hydroxylation sites is 4. The van der Waals surface area contributed by atoms with Gasteiger partial charge in [0.25, 0.3) is 0 Å². The van der Waals surface area contributed by atoms with Gasteiger partial charge in [-0.3, -0.25) is 0 Å². The number of anilines is 3. The maximum absolute atomic E-state index is 6.78. The highest BCUT2D eigenvalue weighted by Crippen LogP contribution is 2.53. The van der Waals surface area contributed by atoms with Gasteiger partial charge in [0.15, 0.2) is 0 Å². The summed E-state index contributed by atoms with van der Waals surface area (Å²) in [7, 11) is 0. The zero-order valence-corrected chi connectivity index (χ0v) is 35.3. The Hall–Kier alpha value is -8.66. The van der Waals surface area contributed by atoms with Crippen LogP contribution in [0, 0.1) is 0 Å². The zero-order valence-electron chi connectivity index (χ0n) is 35.3. The number of rotatable bonds is 7. The third-order valence-corrected chi connectivity index (χ3v) is 13.0. The topological polar surface area (TPSA) is 29.5 Å². The van der Waals surface area contributed by atoms with Crippen LogP contribution in [0.25, 0.3) is 110 Å². The molecular formula is C62H39NO2. The molecule has 3 heteroatoms. The van der Waals surface area contributed by atoms with Gasteiger partial charge < -0.3 is 13.7 Å². The molecule has 0 saturated heterocycles. The predicted molar refractivity (Wildman–Crippen MR) is 272 cm³/mol. The maximum Gasteiger partial charge on any atom is 0.143 e. The van der Waals surface area contributed by atoms with E-state index < -0.39 is 0 Å². The highest BCUT2D eigenvalue weighted by molar-refractivity contribution is 6.23. The van der Waals surface area contributed by atoms with Crippen molar-refractivity contribution < 1.29 is 8.83 Å². The van der Waals surface area contributed by atoms with Crippen LogP contribution < -0.4 is 4.90 Å². The number of furan rings is 2. The van der Waals surface area contributed by atoms with Gasteiger partial charge in [-0.1, -0.05) is 194 Å². The molecule has 13 rings (SSSR count). The third-order valence-electron chi connectivity index (χ3n) is 13.0. The average Bonchev–Trinajstić information content (AvgIpc) is 3.96. The molecule has 0 aliphatic heterocycles. The van der Waals surface area contributed by atoms with Gasteiger partial charge in [0, 0.05) is 49.3 Å². The summed E-state index contributed by atoms with van der Waals surface area (Å²) in [6, 6.07) is 84.9. The Balaban J connectivity index is 1.15. The monoisotopic (exact) mass is 829 g/mol. The molecule has 0 N–H and O–H groups in total. The summed E-state index contributed by atoms with van der Waals surface area (Å²) in [6.45, 7) is 0. The Labute approximate surface area is 375 Å². The summed E-state index contributed by atoms with van der Waals surface area (Å²) in [6.07, 6.45) is 0. The van der Waals surface area contributed by atoms with E-state index in [4.69, 9.17) is 8.83 Å². The fraction of sp³-hybridized carbons (Fsp3) is 0. The minimum Gasteiger partial charge on any atom is -0.456 e. The molecule has 304 valence electrons. The van der Waals surface area contributed by atoms with Crippen molar-refractivity contribution in [3.8, 4) is 44.5 Å². The quantitative estimate of drug-likeness (QED) is 0.150. The van der Waals surface area contributed by atoms with Gasteiger partial charge in [-0.2, -0.15) is 0 Å². The average molecular weight is 830 g/mol. The van der Waals surface area contributed by atoms with Crippen molar-refractivity contribution >= 4 is 82.5 Å². The van der Waals surface area contributed by atoms with E-state index in [1.807, 2.05) is 12.1 Å². The molecule has 0 fully saturated rings. The van der Waals surface area contributed by atoms with E-state index in [-0.39, 0.29) is 0 Å². The number of benzene rings is 11. The molecular weight excluding hydrogens is 791 g/mol. The molecule has 2 aromatic heterocycles. The summed E-state index contributed by atoms with van der Waals surface area (Å²) >= 11 is 0. The lowest BCUT2D eigenvalue weighted by atomic mass is 9.88. The molecule has 13 aromatic rings. The van der Waals surface area contributed by atoms with E-state index in [2.05, 4.69) is 229 Å². The zero-order chi connectivity index (χ0) is 42.8. The molecule has 0 amide bonds. The number of hydrogen-bond donors (Lipinski definition) is 0. The molecule has 0 bridgehead atoms. The SMILES string of the molecule is c1ccc(-c2cccc(-c3c(N(c4cccc(-c5cccc6oc7ccccc7c56)c4)c4ccccc4-c4cccc5c4oc4ccccc45)c4ccccc4c4ccccc34)c2)cc1. The van der Waals surface area contributed by atoms with Gasteiger partial charge in [0.1, 0.15) is 22.3 Å². The molecule has 0 aliphatic carbocycles. The Bertz CT molecular complexity index is 3970. The number of fused-ring (bicyclic) bond motifs is 9. The first-order valence-electron chi connectivity index (χ1n) is 22.2. The van der Waals surface area contributed by atoms with Crippen molar-refractivity contribution in [3.63, 3.8) is 0 Å². The fourth-order valence-electron chi connectivity index (χ4n) is 10.2. The molecule has 3 nitrogen and oxygen atoms in total. The summed E-state index contributed by atoms with van der Waals surface area (Å²) in [5.41, 5.74) is 15.6. The Morgan fingerprint density at radius 1 is 0.292 bits per heavy atom. The van der Waals surface area contributed by atoms with Gasteiger partial charge in [-0.25, -0.2) is 0 Å². The lowest BCUT2D eigenvalue weighted by Gasteiger charge is -2.32. The second kappa shape index (κ2) is 15.0. The molecule has 0 unspecified atom stereocenters. The van der Waals surface area contributed by atoms with Crippen LogP contribution in [0.4, 0.5) is 17.1 Å². The number of hydrogen-bond acceptors (Lipinski definition) is 3. The predicted octanol–water partition coefficient (Wildman–Crippen LogP) is 17.9. The molecule has 0 spiro atoms.